The highest BCUT2D eigenvalue weighted by Gasteiger charge is 2.38. The van der Waals surface area contributed by atoms with Crippen molar-refractivity contribution in [2.75, 3.05) is 13.7 Å². The van der Waals surface area contributed by atoms with Gasteiger partial charge < -0.3 is 15.1 Å². The number of hydrogen-bond donors (Lipinski definition) is 1. The molecule has 2 aromatic rings. The molecule has 1 unspecified atom stereocenters. The summed E-state index contributed by atoms with van der Waals surface area (Å²) >= 11 is 0. The minimum Gasteiger partial charge on any atom is -0.468 e. The molecule has 1 N–H and O–H groups in total. The van der Waals surface area contributed by atoms with Crippen LogP contribution in [-0.4, -0.2) is 41.1 Å². The maximum atomic E-state index is 12.8. The van der Waals surface area contributed by atoms with Crippen LogP contribution in [0.5, 0.6) is 0 Å². The second-order valence-corrected chi connectivity index (χ2v) is 5.88. The highest BCUT2D eigenvalue weighted by atomic mass is 16.5. The summed E-state index contributed by atoms with van der Waals surface area (Å²) in [5.41, 5.74) is 5.76. The lowest BCUT2D eigenvalue weighted by Gasteiger charge is -2.17. The van der Waals surface area contributed by atoms with Crippen LogP contribution in [0, 0.1) is 5.92 Å². The number of aromatic nitrogens is 1. The Labute approximate surface area is 138 Å². The van der Waals surface area contributed by atoms with E-state index in [1.165, 1.54) is 7.11 Å². The molecule has 0 spiro atoms. The molecule has 0 fully saturated rings. The smallest absolute Gasteiger partial charge is 0.316 e. The first-order chi connectivity index (χ1) is 11.7. The van der Waals surface area contributed by atoms with Crippen molar-refractivity contribution in [3.63, 3.8) is 0 Å². The van der Waals surface area contributed by atoms with Gasteiger partial charge in [0.25, 0.3) is 5.91 Å². The lowest BCUT2D eigenvalue weighted by Crippen LogP contribution is -2.39. The van der Waals surface area contributed by atoms with E-state index >= 15 is 0 Å². The SMILES string of the molecule is COC(=O)C1CNN=C1C(=O)N1Cc2cc3ccccc3nc2C1. The Kier molecular flexibility index (Phi) is 3.41. The van der Waals surface area contributed by atoms with E-state index in [0.717, 1.165) is 22.2 Å². The highest BCUT2D eigenvalue weighted by molar-refractivity contribution is 6.43. The van der Waals surface area contributed by atoms with Crippen molar-refractivity contribution < 1.29 is 14.3 Å². The third kappa shape index (κ3) is 2.29. The first kappa shape index (κ1) is 14.6. The van der Waals surface area contributed by atoms with Crippen molar-refractivity contribution >= 4 is 28.5 Å². The quantitative estimate of drug-likeness (QED) is 0.827. The number of carbonyl (C=O) groups excluding carboxylic acids is 2. The fourth-order valence-corrected chi connectivity index (χ4v) is 3.15. The number of nitrogens with one attached hydrogen (secondary N) is 1. The van der Waals surface area contributed by atoms with Crippen LogP contribution in [0.2, 0.25) is 0 Å². The predicted octanol–water partition coefficient (Wildman–Crippen LogP) is 0.825. The van der Waals surface area contributed by atoms with E-state index in [4.69, 9.17) is 4.74 Å². The van der Waals surface area contributed by atoms with Crippen LogP contribution in [-0.2, 0) is 27.4 Å². The van der Waals surface area contributed by atoms with Gasteiger partial charge in [0.15, 0.2) is 0 Å². The summed E-state index contributed by atoms with van der Waals surface area (Å²) in [6.07, 6.45) is 0. The van der Waals surface area contributed by atoms with E-state index in [1.54, 1.807) is 4.90 Å². The molecule has 1 amide bonds. The van der Waals surface area contributed by atoms with Crippen molar-refractivity contribution in [2.45, 2.75) is 13.1 Å². The minimum absolute atomic E-state index is 0.208. The van der Waals surface area contributed by atoms with Crippen molar-refractivity contribution in [1.82, 2.24) is 15.3 Å². The molecule has 0 saturated carbocycles. The Morgan fingerprint density at radius 3 is 2.96 bits per heavy atom. The second kappa shape index (κ2) is 5.59. The molecule has 122 valence electrons. The lowest BCUT2D eigenvalue weighted by atomic mass is 10.0. The largest absolute Gasteiger partial charge is 0.468 e. The zero-order valence-corrected chi connectivity index (χ0v) is 13.2. The fraction of sp³-hybridized carbons (Fsp3) is 0.294. The number of hydrogen-bond acceptors (Lipinski definition) is 6. The molecule has 24 heavy (non-hydrogen) atoms. The summed E-state index contributed by atoms with van der Waals surface area (Å²) in [6, 6.07) is 9.94. The van der Waals surface area contributed by atoms with Gasteiger partial charge in [-0.25, -0.2) is 0 Å². The number of ether oxygens (including phenoxy) is 1. The number of fused-ring (bicyclic) bond motifs is 2. The molecule has 1 aromatic carbocycles. The number of carbonyl (C=O) groups is 2. The Balaban J connectivity index is 1.59. The topological polar surface area (TPSA) is 83.9 Å². The summed E-state index contributed by atoms with van der Waals surface area (Å²) in [5, 5.41) is 5.06. The molecule has 1 atom stereocenters. The number of rotatable bonds is 2. The van der Waals surface area contributed by atoms with E-state index in [2.05, 4.69) is 21.6 Å². The average molecular weight is 324 g/mol. The van der Waals surface area contributed by atoms with Gasteiger partial charge in [0.2, 0.25) is 0 Å². The standard InChI is InChI=1S/C17H16N4O3/c1-24-17(23)12-7-18-20-15(12)16(22)21-8-11-6-10-4-2-3-5-13(10)19-14(11)9-21/h2-6,12,18H,7-9H2,1H3. The van der Waals surface area contributed by atoms with Crippen LogP contribution in [0.1, 0.15) is 11.3 Å². The van der Waals surface area contributed by atoms with E-state index in [1.807, 2.05) is 24.3 Å². The van der Waals surface area contributed by atoms with Gasteiger partial charge in [0.05, 0.1) is 31.4 Å². The van der Waals surface area contributed by atoms with Gasteiger partial charge in [-0.2, -0.15) is 5.10 Å². The predicted molar refractivity (Wildman–Crippen MR) is 86.9 cm³/mol. The third-order valence-electron chi connectivity index (χ3n) is 4.41. The van der Waals surface area contributed by atoms with Gasteiger partial charge in [-0.05, 0) is 17.7 Å². The van der Waals surface area contributed by atoms with Crippen LogP contribution in [0.15, 0.2) is 35.4 Å². The first-order valence-corrected chi connectivity index (χ1v) is 7.72. The number of esters is 1. The Bertz CT molecular complexity index is 833. The Morgan fingerprint density at radius 2 is 2.12 bits per heavy atom. The van der Waals surface area contributed by atoms with Gasteiger partial charge >= 0.3 is 5.97 Å². The molecule has 1 aromatic heterocycles. The van der Waals surface area contributed by atoms with Crippen molar-refractivity contribution in [3.05, 3.63) is 41.6 Å². The molecule has 0 bridgehead atoms. The highest BCUT2D eigenvalue weighted by Crippen LogP contribution is 2.26. The summed E-state index contributed by atoms with van der Waals surface area (Å²) in [4.78, 5) is 30.9. The van der Waals surface area contributed by atoms with Gasteiger partial charge in [-0.1, -0.05) is 18.2 Å². The summed E-state index contributed by atoms with van der Waals surface area (Å²) in [5.74, 6) is -1.36. The Morgan fingerprint density at radius 1 is 1.29 bits per heavy atom. The summed E-state index contributed by atoms with van der Waals surface area (Å²) in [6.45, 7) is 1.18. The summed E-state index contributed by atoms with van der Waals surface area (Å²) in [7, 11) is 1.31. The van der Waals surface area contributed by atoms with Crippen LogP contribution in [0.4, 0.5) is 0 Å². The van der Waals surface area contributed by atoms with Gasteiger partial charge in [-0.3, -0.25) is 14.6 Å². The number of methoxy groups -OCH3 is 1. The average Bonchev–Trinajstić information content (AvgIpc) is 3.24. The molecular weight excluding hydrogens is 308 g/mol. The molecule has 2 aliphatic heterocycles. The van der Waals surface area contributed by atoms with Crippen LogP contribution in [0.25, 0.3) is 10.9 Å². The minimum atomic E-state index is -0.654. The molecule has 3 heterocycles. The molecule has 7 heteroatoms. The molecule has 0 saturated heterocycles. The van der Waals surface area contributed by atoms with Crippen LogP contribution in [0.3, 0.4) is 0 Å². The van der Waals surface area contributed by atoms with E-state index in [-0.39, 0.29) is 18.2 Å². The lowest BCUT2D eigenvalue weighted by molar-refractivity contribution is -0.143. The van der Waals surface area contributed by atoms with Crippen molar-refractivity contribution in [3.8, 4) is 0 Å². The normalized spacial score (nSPS) is 19.0. The number of para-hydroxylation sites is 1. The number of pyridine rings is 1. The molecule has 7 nitrogen and oxygen atoms in total. The fourth-order valence-electron chi connectivity index (χ4n) is 3.15. The first-order valence-electron chi connectivity index (χ1n) is 7.72. The van der Waals surface area contributed by atoms with Gasteiger partial charge in [-0.15, -0.1) is 0 Å². The maximum absolute atomic E-state index is 12.8. The summed E-state index contributed by atoms with van der Waals surface area (Å²) < 4.78 is 4.75. The van der Waals surface area contributed by atoms with E-state index < -0.39 is 11.9 Å². The second-order valence-electron chi connectivity index (χ2n) is 5.88. The maximum Gasteiger partial charge on any atom is 0.316 e. The third-order valence-corrected chi connectivity index (χ3v) is 4.41. The zero-order chi connectivity index (χ0) is 16.7. The number of benzene rings is 1. The van der Waals surface area contributed by atoms with Gasteiger partial charge in [0.1, 0.15) is 11.6 Å². The number of amides is 1. The van der Waals surface area contributed by atoms with Crippen LogP contribution < -0.4 is 5.43 Å². The molecule has 0 radical (unpaired) electrons. The molecule has 0 aliphatic carbocycles. The molecule has 2 aliphatic rings. The molecular formula is C17H16N4O3. The Hall–Kier alpha value is -2.96. The molecule has 4 rings (SSSR count). The zero-order valence-electron chi connectivity index (χ0n) is 13.2. The van der Waals surface area contributed by atoms with Crippen molar-refractivity contribution in [2.24, 2.45) is 11.0 Å². The number of hydrazone groups is 1. The van der Waals surface area contributed by atoms with E-state index in [0.29, 0.717) is 13.1 Å². The van der Waals surface area contributed by atoms with Gasteiger partial charge in [0, 0.05) is 11.9 Å². The monoisotopic (exact) mass is 324 g/mol. The van der Waals surface area contributed by atoms with E-state index in [9.17, 15) is 9.59 Å². The van der Waals surface area contributed by atoms with Crippen molar-refractivity contribution in [1.29, 1.82) is 0 Å². The van der Waals surface area contributed by atoms with Crippen LogP contribution >= 0.6 is 0 Å². The number of nitrogens with zero attached hydrogens (tertiary/aromatic N) is 3.